The van der Waals surface area contributed by atoms with Gasteiger partial charge in [-0.1, -0.05) is 38.7 Å². The Labute approximate surface area is 79.5 Å². The minimum Gasteiger partial charge on any atom is -0.185 e. The van der Waals surface area contributed by atoms with Crippen molar-refractivity contribution in [3.05, 3.63) is 35.8 Å². The Hall–Kier alpha value is -0.940. The Balaban J connectivity index is 0. The quantitative estimate of drug-likeness (QED) is 0.487. The first-order valence-electron chi connectivity index (χ1n) is 3.86. The first kappa shape index (κ1) is 13.6. The second kappa shape index (κ2) is 12.7. The van der Waals surface area contributed by atoms with E-state index in [1.165, 1.54) is 0 Å². The van der Waals surface area contributed by atoms with E-state index in [1.807, 2.05) is 38.3 Å². The lowest BCUT2D eigenvalue weighted by Crippen LogP contribution is -1.63. The number of nitrogens with zero attached hydrogens (tertiary/aromatic N) is 1. The molecule has 0 atom stereocenters. The Morgan fingerprint density at radius 3 is 2.42 bits per heavy atom. The molecule has 0 aromatic rings. The second-order valence-electron chi connectivity index (χ2n) is 1.48. The summed E-state index contributed by atoms with van der Waals surface area (Å²) in [6.07, 6.45) is 7.22. The molecule has 66 valence electrons. The minimum atomic E-state index is 0.947. The first-order valence-corrected chi connectivity index (χ1v) is 4.68. The summed E-state index contributed by atoms with van der Waals surface area (Å²) in [5.41, 5.74) is 0. The summed E-state index contributed by atoms with van der Waals surface area (Å²) in [5.74, 6) is 0. The van der Waals surface area contributed by atoms with Crippen molar-refractivity contribution in [1.29, 1.82) is 5.26 Å². The highest BCUT2D eigenvalue weighted by Crippen LogP contribution is 2.14. The number of hydrogen-bond donors (Lipinski definition) is 0. The van der Waals surface area contributed by atoms with E-state index in [4.69, 9.17) is 5.26 Å². The number of rotatable bonds is 3. The Bertz CT molecular complexity index is 196. The first-order chi connectivity index (χ1) is 5.85. The van der Waals surface area contributed by atoms with Gasteiger partial charge in [-0.3, -0.25) is 0 Å². The summed E-state index contributed by atoms with van der Waals surface area (Å²) in [6, 6.07) is 0. The molecule has 0 bridgehead atoms. The predicted octanol–water partition coefficient (Wildman–Crippen LogP) is 3.87. The second-order valence-corrected chi connectivity index (χ2v) is 2.34. The third-order valence-corrected chi connectivity index (χ3v) is 1.54. The van der Waals surface area contributed by atoms with Crippen molar-refractivity contribution in [2.24, 2.45) is 0 Å². The lowest BCUT2D eigenvalue weighted by atomic mass is 10.4. The molecular weight excluding hydrogens is 166 g/mol. The zero-order valence-electron chi connectivity index (χ0n) is 7.87. The molecule has 12 heavy (non-hydrogen) atoms. The SMILES string of the molecule is C=C/C=C\C(=C/C)SC#N.CC. The molecule has 0 radical (unpaired) electrons. The van der Waals surface area contributed by atoms with Gasteiger partial charge in [0, 0.05) is 4.91 Å². The van der Waals surface area contributed by atoms with Gasteiger partial charge in [0.25, 0.3) is 0 Å². The van der Waals surface area contributed by atoms with Crippen LogP contribution in [0, 0.1) is 10.7 Å². The van der Waals surface area contributed by atoms with Crippen molar-refractivity contribution in [3.63, 3.8) is 0 Å². The molecule has 0 N–H and O–H groups in total. The Kier molecular flexibility index (Phi) is 14.4. The summed E-state index contributed by atoms with van der Waals surface area (Å²) in [7, 11) is 0. The van der Waals surface area contributed by atoms with Gasteiger partial charge in [-0.15, -0.1) is 0 Å². The van der Waals surface area contributed by atoms with Crippen LogP contribution in [0.4, 0.5) is 0 Å². The number of thiocyanates is 1. The van der Waals surface area contributed by atoms with Crippen LogP contribution in [0.2, 0.25) is 0 Å². The lowest BCUT2D eigenvalue weighted by Gasteiger charge is -1.87. The van der Waals surface area contributed by atoms with Gasteiger partial charge in [-0.25, -0.2) is 0 Å². The van der Waals surface area contributed by atoms with Gasteiger partial charge in [-0.05, 0) is 24.8 Å². The number of allylic oxidation sites excluding steroid dienone is 4. The molecule has 0 unspecified atom stereocenters. The largest absolute Gasteiger partial charge is 0.185 e. The lowest BCUT2D eigenvalue weighted by molar-refractivity contribution is 1.50. The summed E-state index contributed by atoms with van der Waals surface area (Å²) in [6.45, 7) is 9.42. The van der Waals surface area contributed by atoms with E-state index in [2.05, 4.69) is 6.58 Å². The fraction of sp³-hybridized carbons (Fsp3) is 0.300. The average molecular weight is 181 g/mol. The van der Waals surface area contributed by atoms with Crippen LogP contribution < -0.4 is 0 Å². The summed E-state index contributed by atoms with van der Waals surface area (Å²) in [5, 5.41) is 10.3. The Morgan fingerprint density at radius 1 is 1.50 bits per heavy atom. The van der Waals surface area contributed by atoms with E-state index >= 15 is 0 Å². The van der Waals surface area contributed by atoms with Gasteiger partial charge >= 0.3 is 0 Å². The van der Waals surface area contributed by atoms with Crippen LogP contribution in [0.25, 0.3) is 0 Å². The van der Waals surface area contributed by atoms with Gasteiger partial charge in [-0.2, -0.15) is 5.26 Å². The monoisotopic (exact) mass is 181 g/mol. The molecule has 0 fully saturated rings. The molecule has 0 saturated heterocycles. The Morgan fingerprint density at radius 2 is 2.08 bits per heavy atom. The van der Waals surface area contributed by atoms with Gasteiger partial charge in [0.05, 0.1) is 0 Å². The fourth-order valence-corrected chi connectivity index (χ4v) is 0.775. The minimum absolute atomic E-state index is 0.947. The number of nitriles is 1. The van der Waals surface area contributed by atoms with Crippen molar-refractivity contribution in [1.82, 2.24) is 0 Å². The predicted molar refractivity (Wildman–Crippen MR) is 57.6 cm³/mol. The van der Waals surface area contributed by atoms with Crippen molar-refractivity contribution >= 4 is 11.8 Å². The van der Waals surface area contributed by atoms with Crippen LogP contribution in [-0.4, -0.2) is 0 Å². The third kappa shape index (κ3) is 9.06. The van der Waals surface area contributed by atoms with Crippen molar-refractivity contribution in [3.8, 4) is 5.40 Å². The highest BCUT2D eigenvalue weighted by molar-refractivity contribution is 8.07. The topological polar surface area (TPSA) is 23.8 Å². The molecule has 0 aliphatic carbocycles. The van der Waals surface area contributed by atoms with Gasteiger partial charge in [0.15, 0.2) is 0 Å². The van der Waals surface area contributed by atoms with Crippen LogP contribution in [0.5, 0.6) is 0 Å². The maximum absolute atomic E-state index is 8.28. The van der Waals surface area contributed by atoms with Crippen LogP contribution in [0.1, 0.15) is 20.8 Å². The van der Waals surface area contributed by atoms with E-state index in [0.717, 1.165) is 16.7 Å². The smallest absolute Gasteiger partial charge is 0.138 e. The highest BCUT2D eigenvalue weighted by atomic mass is 32.2. The summed E-state index contributed by atoms with van der Waals surface area (Å²) >= 11 is 1.15. The molecule has 0 aromatic heterocycles. The molecule has 0 aliphatic heterocycles. The summed E-state index contributed by atoms with van der Waals surface area (Å²) < 4.78 is 0. The van der Waals surface area contributed by atoms with E-state index in [0.29, 0.717) is 0 Å². The van der Waals surface area contributed by atoms with Gasteiger partial charge in [0.1, 0.15) is 5.40 Å². The normalized spacial score (nSPS) is 10.0. The third-order valence-electron chi connectivity index (χ3n) is 0.845. The van der Waals surface area contributed by atoms with E-state index in [1.54, 1.807) is 12.2 Å². The molecule has 0 aromatic carbocycles. The zero-order valence-corrected chi connectivity index (χ0v) is 8.69. The van der Waals surface area contributed by atoms with Crippen LogP contribution in [0.3, 0.4) is 0 Å². The molecule has 0 rings (SSSR count). The van der Waals surface area contributed by atoms with E-state index in [9.17, 15) is 0 Å². The molecule has 0 spiro atoms. The number of thioether (sulfide) groups is 1. The fourth-order valence-electron chi connectivity index (χ4n) is 0.405. The maximum Gasteiger partial charge on any atom is 0.138 e. The molecular formula is C10H15NS. The maximum atomic E-state index is 8.28. The molecule has 0 aliphatic rings. The molecule has 1 nitrogen and oxygen atoms in total. The van der Waals surface area contributed by atoms with Crippen LogP contribution in [0.15, 0.2) is 35.8 Å². The van der Waals surface area contributed by atoms with E-state index < -0.39 is 0 Å². The van der Waals surface area contributed by atoms with Gasteiger partial charge in [0.2, 0.25) is 0 Å². The molecule has 0 heterocycles. The van der Waals surface area contributed by atoms with Gasteiger partial charge < -0.3 is 0 Å². The van der Waals surface area contributed by atoms with Crippen molar-refractivity contribution < 1.29 is 0 Å². The van der Waals surface area contributed by atoms with Crippen molar-refractivity contribution in [2.75, 3.05) is 0 Å². The van der Waals surface area contributed by atoms with E-state index in [-0.39, 0.29) is 0 Å². The molecule has 2 heteroatoms. The average Bonchev–Trinajstić information content (AvgIpc) is 2.15. The van der Waals surface area contributed by atoms with Crippen LogP contribution >= 0.6 is 11.8 Å². The van der Waals surface area contributed by atoms with Crippen LogP contribution in [-0.2, 0) is 0 Å². The standard InChI is InChI=1S/C8H9NS.C2H6/c1-3-5-6-8(4-2)10-7-9;1-2/h3-6H,1H2,2H3;1-2H3/b6-5-,8-4+;. The zero-order chi connectivity index (χ0) is 9.82. The molecule has 0 amide bonds. The molecule has 0 saturated carbocycles. The van der Waals surface area contributed by atoms with Crippen molar-refractivity contribution in [2.45, 2.75) is 20.8 Å². The number of hydrogen-bond acceptors (Lipinski definition) is 2. The summed E-state index contributed by atoms with van der Waals surface area (Å²) in [4.78, 5) is 0.947. The highest BCUT2D eigenvalue weighted by Gasteiger charge is 1.86.